The van der Waals surface area contributed by atoms with Gasteiger partial charge in [0.1, 0.15) is 0 Å². The van der Waals surface area contributed by atoms with Crippen LogP contribution in [0.5, 0.6) is 0 Å². The van der Waals surface area contributed by atoms with Gasteiger partial charge in [-0.3, -0.25) is 4.79 Å². The number of benzene rings is 2. The lowest BCUT2D eigenvalue weighted by Crippen LogP contribution is -2.48. The Morgan fingerprint density at radius 2 is 1.62 bits per heavy atom. The molecule has 138 valence electrons. The lowest BCUT2D eigenvalue weighted by molar-refractivity contribution is 0.0366. The van der Waals surface area contributed by atoms with Crippen LogP contribution in [0.2, 0.25) is 0 Å². The van der Waals surface area contributed by atoms with Crippen molar-refractivity contribution in [3.63, 3.8) is 0 Å². The highest BCUT2D eigenvalue weighted by atomic mass is 16.2. The second-order valence-electron chi connectivity index (χ2n) is 8.18. The van der Waals surface area contributed by atoms with Gasteiger partial charge in [0.25, 0.3) is 5.91 Å². The van der Waals surface area contributed by atoms with Crippen LogP contribution in [0.15, 0.2) is 60.7 Å². The van der Waals surface area contributed by atoms with Crippen molar-refractivity contribution < 1.29 is 4.79 Å². The molecule has 1 amide bonds. The Balaban J connectivity index is 1.94. The minimum Gasteiger partial charge on any atom is -0.331 e. The van der Waals surface area contributed by atoms with E-state index in [-0.39, 0.29) is 5.91 Å². The Morgan fingerprint density at radius 1 is 1.00 bits per heavy atom. The minimum atomic E-state index is 0.166. The maximum atomic E-state index is 13.4. The van der Waals surface area contributed by atoms with Gasteiger partial charge in [-0.1, -0.05) is 75.7 Å². The monoisotopic (exact) mass is 349 g/mol. The van der Waals surface area contributed by atoms with Crippen LogP contribution in [0.25, 0.3) is 0 Å². The fraction of sp³-hybridized carbons (Fsp3) is 0.458. The molecule has 0 aromatic heterocycles. The van der Waals surface area contributed by atoms with Crippen LogP contribution in [0, 0.1) is 17.8 Å². The summed E-state index contributed by atoms with van der Waals surface area (Å²) in [6, 6.07) is 20.5. The van der Waals surface area contributed by atoms with Crippen LogP contribution >= 0.6 is 0 Å². The van der Waals surface area contributed by atoms with Crippen LogP contribution in [0.1, 0.15) is 56.0 Å². The molecular weight excluding hydrogens is 318 g/mol. The van der Waals surface area contributed by atoms with Crippen molar-refractivity contribution in [2.75, 3.05) is 0 Å². The number of hydrogen-bond acceptors (Lipinski definition) is 1. The molecule has 1 aliphatic carbocycles. The van der Waals surface area contributed by atoms with Gasteiger partial charge in [0.15, 0.2) is 0 Å². The van der Waals surface area contributed by atoms with Crippen molar-refractivity contribution in [3.8, 4) is 0 Å². The van der Waals surface area contributed by atoms with Crippen molar-refractivity contribution in [2.24, 2.45) is 17.8 Å². The van der Waals surface area contributed by atoms with Gasteiger partial charge in [-0.15, -0.1) is 0 Å². The van der Waals surface area contributed by atoms with Gasteiger partial charge < -0.3 is 4.90 Å². The fourth-order valence-electron chi connectivity index (χ4n) is 4.38. The smallest absolute Gasteiger partial charge is 0.254 e. The molecule has 1 aliphatic rings. The molecule has 0 N–H and O–H groups in total. The van der Waals surface area contributed by atoms with E-state index in [1.807, 2.05) is 36.4 Å². The standard InChI is InChI=1S/C24H31NO/c1-18(2)22-15-14-19(3)16-23(22)25(17-20-10-6-4-7-11-20)24(26)21-12-8-5-9-13-21/h4-13,18-19,22-23H,14-17H2,1-3H3/t19-,22+,23-/m0/s1. The Hall–Kier alpha value is -2.09. The fourth-order valence-corrected chi connectivity index (χ4v) is 4.38. The third-order valence-electron chi connectivity index (χ3n) is 5.86. The van der Waals surface area contributed by atoms with E-state index in [2.05, 4.69) is 49.9 Å². The van der Waals surface area contributed by atoms with E-state index in [1.54, 1.807) is 0 Å². The molecule has 3 atom stereocenters. The molecule has 2 aromatic carbocycles. The maximum absolute atomic E-state index is 13.4. The van der Waals surface area contributed by atoms with Crippen molar-refractivity contribution in [1.29, 1.82) is 0 Å². The highest BCUT2D eigenvalue weighted by Crippen LogP contribution is 2.37. The molecule has 0 bridgehead atoms. The van der Waals surface area contributed by atoms with Gasteiger partial charge >= 0.3 is 0 Å². The minimum absolute atomic E-state index is 0.166. The first-order valence-corrected chi connectivity index (χ1v) is 9.96. The zero-order chi connectivity index (χ0) is 18.5. The summed E-state index contributed by atoms with van der Waals surface area (Å²) < 4.78 is 0. The average molecular weight is 350 g/mol. The van der Waals surface area contributed by atoms with Gasteiger partial charge in [0.05, 0.1) is 0 Å². The topological polar surface area (TPSA) is 20.3 Å². The molecule has 26 heavy (non-hydrogen) atoms. The van der Waals surface area contributed by atoms with Crippen LogP contribution in [-0.2, 0) is 6.54 Å². The van der Waals surface area contributed by atoms with Crippen molar-refractivity contribution in [2.45, 2.75) is 52.6 Å². The Morgan fingerprint density at radius 3 is 2.23 bits per heavy atom. The second-order valence-corrected chi connectivity index (χ2v) is 8.18. The summed E-state index contributed by atoms with van der Waals surface area (Å²) in [6.45, 7) is 7.63. The Labute approximate surface area is 158 Å². The van der Waals surface area contributed by atoms with Gasteiger partial charge in [-0.2, -0.15) is 0 Å². The first-order valence-electron chi connectivity index (χ1n) is 9.96. The first-order chi connectivity index (χ1) is 12.6. The molecule has 0 saturated heterocycles. The molecule has 1 saturated carbocycles. The predicted molar refractivity (Wildman–Crippen MR) is 108 cm³/mol. The molecule has 0 spiro atoms. The van der Waals surface area contributed by atoms with E-state index in [0.717, 1.165) is 12.0 Å². The highest BCUT2D eigenvalue weighted by molar-refractivity contribution is 5.94. The Bertz CT molecular complexity index is 695. The summed E-state index contributed by atoms with van der Waals surface area (Å²) >= 11 is 0. The van der Waals surface area contributed by atoms with Crippen LogP contribution in [-0.4, -0.2) is 16.8 Å². The lowest BCUT2D eigenvalue weighted by Gasteiger charge is -2.44. The van der Waals surface area contributed by atoms with Gasteiger partial charge in [0, 0.05) is 18.2 Å². The van der Waals surface area contributed by atoms with E-state index >= 15 is 0 Å². The number of hydrogen-bond donors (Lipinski definition) is 0. The normalized spacial score (nSPS) is 23.0. The molecule has 0 radical (unpaired) electrons. The molecule has 2 aromatic rings. The van der Waals surface area contributed by atoms with Crippen LogP contribution in [0.4, 0.5) is 0 Å². The summed E-state index contributed by atoms with van der Waals surface area (Å²) in [6.07, 6.45) is 3.60. The molecule has 3 rings (SSSR count). The van der Waals surface area contributed by atoms with E-state index in [0.29, 0.717) is 30.3 Å². The summed E-state index contributed by atoms with van der Waals surface area (Å²) in [7, 11) is 0. The van der Waals surface area contributed by atoms with E-state index in [9.17, 15) is 4.79 Å². The number of nitrogens with zero attached hydrogens (tertiary/aromatic N) is 1. The summed E-state index contributed by atoms with van der Waals surface area (Å²) in [4.78, 5) is 15.6. The first kappa shape index (κ1) is 18.7. The average Bonchev–Trinajstić information content (AvgIpc) is 2.67. The van der Waals surface area contributed by atoms with E-state index < -0.39 is 0 Å². The molecular formula is C24H31NO. The van der Waals surface area contributed by atoms with Gasteiger partial charge in [-0.05, 0) is 48.3 Å². The highest BCUT2D eigenvalue weighted by Gasteiger charge is 2.37. The number of amides is 1. The zero-order valence-corrected chi connectivity index (χ0v) is 16.3. The van der Waals surface area contributed by atoms with E-state index in [4.69, 9.17) is 0 Å². The van der Waals surface area contributed by atoms with Crippen LogP contribution < -0.4 is 0 Å². The molecule has 0 heterocycles. The molecule has 0 unspecified atom stereocenters. The van der Waals surface area contributed by atoms with Crippen molar-refractivity contribution in [3.05, 3.63) is 71.8 Å². The SMILES string of the molecule is CC(C)[C@H]1CC[C@H](C)C[C@@H]1N(Cc1ccccc1)C(=O)c1ccccc1. The third kappa shape index (κ3) is 4.35. The number of carbonyl (C=O) groups excluding carboxylic acids is 1. The second kappa shape index (κ2) is 8.53. The van der Waals surface area contributed by atoms with Crippen LogP contribution in [0.3, 0.4) is 0 Å². The summed E-state index contributed by atoms with van der Waals surface area (Å²) in [5, 5.41) is 0. The lowest BCUT2D eigenvalue weighted by atomic mass is 9.73. The number of carbonyl (C=O) groups is 1. The Kier molecular flexibility index (Phi) is 6.13. The summed E-state index contributed by atoms with van der Waals surface area (Å²) in [5.74, 6) is 2.01. The van der Waals surface area contributed by atoms with Gasteiger partial charge in [0.2, 0.25) is 0 Å². The third-order valence-corrected chi connectivity index (χ3v) is 5.86. The summed E-state index contributed by atoms with van der Waals surface area (Å²) in [5.41, 5.74) is 2.00. The van der Waals surface area contributed by atoms with Crippen molar-refractivity contribution >= 4 is 5.91 Å². The van der Waals surface area contributed by atoms with Gasteiger partial charge in [-0.25, -0.2) is 0 Å². The molecule has 2 nitrogen and oxygen atoms in total. The molecule has 0 aliphatic heterocycles. The quantitative estimate of drug-likeness (QED) is 0.669. The molecule has 1 fully saturated rings. The molecule has 2 heteroatoms. The van der Waals surface area contributed by atoms with E-state index in [1.165, 1.54) is 18.4 Å². The zero-order valence-electron chi connectivity index (χ0n) is 16.3. The predicted octanol–water partition coefficient (Wildman–Crippen LogP) is 5.79. The maximum Gasteiger partial charge on any atom is 0.254 e. The number of rotatable bonds is 5. The van der Waals surface area contributed by atoms with Crippen molar-refractivity contribution in [1.82, 2.24) is 4.90 Å². The largest absolute Gasteiger partial charge is 0.331 e.